The minimum absolute atomic E-state index is 0.00312. The van der Waals surface area contributed by atoms with Gasteiger partial charge in [-0.3, -0.25) is 9.69 Å². The quantitative estimate of drug-likeness (QED) is 0.200. The van der Waals surface area contributed by atoms with E-state index in [1.807, 2.05) is 6.92 Å². The monoisotopic (exact) mass is 565 g/mol. The second kappa shape index (κ2) is 10.2. The van der Waals surface area contributed by atoms with Gasteiger partial charge in [0.05, 0.1) is 23.3 Å². The summed E-state index contributed by atoms with van der Waals surface area (Å²) >= 11 is 6.18. The smallest absolute Gasteiger partial charge is 0.416 e. The molecule has 4 rings (SSSR count). The van der Waals surface area contributed by atoms with Gasteiger partial charge in [-0.25, -0.2) is 0 Å². The molecule has 0 spiro atoms. The van der Waals surface area contributed by atoms with Crippen molar-refractivity contribution in [2.24, 2.45) is 0 Å². The van der Waals surface area contributed by atoms with Gasteiger partial charge in [0, 0.05) is 0 Å². The zero-order valence-corrected chi connectivity index (χ0v) is 21.7. The molecule has 12 heteroatoms. The molecule has 3 aromatic carbocycles. The van der Waals surface area contributed by atoms with Gasteiger partial charge in [-0.1, -0.05) is 53.8 Å². The van der Waals surface area contributed by atoms with Crippen LogP contribution in [0.15, 0.2) is 76.5 Å². The molecule has 0 saturated carbocycles. The topological polar surface area (TPSA) is 72.9 Å². The highest BCUT2D eigenvalue weighted by Gasteiger charge is 2.36. The van der Waals surface area contributed by atoms with Gasteiger partial charge < -0.3 is 8.92 Å². The van der Waals surface area contributed by atoms with E-state index in [-0.39, 0.29) is 31.3 Å². The number of amides is 1. The number of benzene rings is 3. The summed E-state index contributed by atoms with van der Waals surface area (Å²) in [7, 11) is -2.79. The van der Waals surface area contributed by atoms with Crippen LogP contribution in [-0.2, 0) is 21.1 Å². The van der Waals surface area contributed by atoms with Crippen molar-refractivity contribution < 1.29 is 35.3 Å². The van der Waals surface area contributed by atoms with Crippen LogP contribution in [0.2, 0.25) is 0 Å². The highest BCUT2D eigenvalue weighted by molar-refractivity contribution is 8.27. The van der Waals surface area contributed by atoms with Crippen molar-refractivity contribution in [1.29, 1.82) is 0 Å². The number of hydrogen-bond donors (Lipinski definition) is 0. The third kappa shape index (κ3) is 5.81. The first-order valence-electron chi connectivity index (χ1n) is 10.5. The summed E-state index contributed by atoms with van der Waals surface area (Å²) in [6.07, 6.45) is -3.09. The van der Waals surface area contributed by atoms with Crippen molar-refractivity contribution in [3.63, 3.8) is 0 Å². The van der Waals surface area contributed by atoms with E-state index in [4.69, 9.17) is 21.1 Å². The van der Waals surface area contributed by atoms with Crippen molar-refractivity contribution in [2.45, 2.75) is 18.0 Å². The lowest BCUT2D eigenvalue weighted by molar-refractivity contribution is -0.137. The SMILES string of the molecule is COc1cc(/C=C2/SC(=S)N(c3cccc(C(F)(F)F)c3)C2=O)ccc1OS(=O)(=O)c1ccc(C)cc1. The Bertz CT molecular complexity index is 1520. The summed E-state index contributed by atoms with van der Waals surface area (Å²) < 4.78 is 75.3. The number of halogens is 3. The van der Waals surface area contributed by atoms with Crippen LogP contribution in [0.5, 0.6) is 11.5 Å². The second-order valence-corrected chi connectivity index (χ2v) is 11.0. The number of alkyl halides is 3. The van der Waals surface area contributed by atoms with Gasteiger partial charge in [0.1, 0.15) is 4.90 Å². The Morgan fingerprint density at radius 3 is 2.35 bits per heavy atom. The van der Waals surface area contributed by atoms with Gasteiger partial charge >= 0.3 is 16.3 Å². The van der Waals surface area contributed by atoms with Crippen LogP contribution in [0.3, 0.4) is 0 Å². The largest absolute Gasteiger partial charge is 0.493 e. The summed E-state index contributed by atoms with van der Waals surface area (Å²) in [5.41, 5.74) is 0.452. The molecule has 1 fully saturated rings. The molecule has 1 aliphatic rings. The molecule has 192 valence electrons. The number of nitrogens with zero attached hydrogens (tertiary/aromatic N) is 1. The minimum Gasteiger partial charge on any atom is -0.493 e. The first kappa shape index (κ1) is 26.7. The van der Waals surface area contributed by atoms with Crippen LogP contribution >= 0.6 is 24.0 Å². The number of carbonyl (C=O) groups excluding carboxylic acids is 1. The lowest BCUT2D eigenvalue weighted by atomic mass is 10.1. The zero-order valence-electron chi connectivity index (χ0n) is 19.3. The van der Waals surface area contributed by atoms with Crippen molar-refractivity contribution in [1.82, 2.24) is 0 Å². The fourth-order valence-corrected chi connectivity index (χ4v) is 5.62. The van der Waals surface area contributed by atoms with E-state index in [9.17, 15) is 26.4 Å². The molecule has 0 aliphatic carbocycles. The Hall–Kier alpha value is -3.35. The molecule has 0 aromatic heterocycles. The highest BCUT2D eigenvalue weighted by atomic mass is 32.2. The Morgan fingerprint density at radius 1 is 1.00 bits per heavy atom. The molecular formula is C25H18F3NO5S3. The number of aryl methyl sites for hydroxylation is 1. The maximum Gasteiger partial charge on any atom is 0.416 e. The highest BCUT2D eigenvalue weighted by Crippen LogP contribution is 2.39. The average Bonchev–Trinajstić information content (AvgIpc) is 3.12. The summed E-state index contributed by atoms with van der Waals surface area (Å²) in [6.45, 7) is 1.83. The third-order valence-electron chi connectivity index (χ3n) is 5.22. The van der Waals surface area contributed by atoms with E-state index >= 15 is 0 Å². The van der Waals surface area contributed by atoms with Crippen LogP contribution in [0.4, 0.5) is 18.9 Å². The lowest BCUT2D eigenvalue weighted by Crippen LogP contribution is -2.27. The third-order valence-corrected chi connectivity index (χ3v) is 7.77. The number of methoxy groups -OCH3 is 1. The average molecular weight is 566 g/mol. The van der Waals surface area contributed by atoms with E-state index in [1.54, 1.807) is 12.1 Å². The maximum absolute atomic E-state index is 13.1. The number of ether oxygens (including phenoxy) is 1. The van der Waals surface area contributed by atoms with Gasteiger partial charge in [0.25, 0.3) is 5.91 Å². The predicted molar refractivity (Wildman–Crippen MR) is 139 cm³/mol. The Kier molecular flexibility index (Phi) is 7.36. The van der Waals surface area contributed by atoms with Crippen LogP contribution < -0.4 is 13.8 Å². The summed E-state index contributed by atoms with van der Waals surface area (Å²) in [4.78, 5) is 14.2. The van der Waals surface area contributed by atoms with E-state index in [2.05, 4.69) is 0 Å². The van der Waals surface area contributed by atoms with Gasteiger partial charge in [0.15, 0.2) is 15.8 Å². The van der Waals surface area contributed by atoms with E-state index in [0.717, 1.165) is 34.4 Å². The van der Waals surface area contributed by atoms with Crippen molar-refractivity contribution in [3.8, 4) is 11.5 Å². The molecule has 0 bridgehead atoms. The number of anilines is 1. The van der Waals surface area contributed by atoms with Gasteiger partial charge in [-0.15, -0.1) is 0 Å². The van der Waals surface area contributed by atoms with Gasteiger partial charge in [-0.2, -0.15) is 21.6 Å². The van der Waals surface area contributed by atoms with Crippen LogP contribution in [-0.4, -0.2) is 25.8 Å². The van der Waals surface area contributed by atoms with Gasteiger partial charge in [0.2, 0.25) is 0 Å². The molecule has 0 radical (unpaired) electrons. The van der Waals surface area contributed by atoms with Crippen molar-refractivity contribution >= 4 is 56.1 Å². The van der Waals surface area contributed by atoms with Crippen LogP contribution in [0, 0.1) is 6.92 Å². The normalized spacial score (nSPS) is 15.4. The number of carbonyl (C=O) groups is 1. The van der Waals surface area contributed by atoms with Gasteiger partial charge in [-0.05, 0) is 61.0 Å². The Balaban J connectivity index is 1.60. The summed E-state index contributed by atoms with van der Waals surface area (Å²) in [5.74, 6) is -0.551. The first-order chi connectivity index (χ1) is 17.4. The van der Waals surface area contributed by atoms with E-state index < -0.39 is 27.8 Å². The molecule has 0 N–H and O–H groups in total. The Labute approximate surface area is 220 Å². The molecule has 0 atom stereocenters. The lowest BCUT2D eigenvalue weighted by Gasteiger charge is -2.16. The molecule has 1 saturated heterocycles. The molecule has 1 amide bonds. The number of rotatable bonds is 6. The number of hydrogen-bond acceptors (Lipinski definition) is 7. The first-order valence-corrected chi connectivity index (χ1v) is 13.2. The molecule has 3 aromatic rings. The van der Waals surface area contributed by atoms with Crippen LogP contribution in [0.25, 0.3) is 6.08 Å². The molecule has 37 heavy (non-hydrogen) atoms. The van der Waals surface area contributed by atoms with E-state index in [1.165, 1.54) is 55.7 Å². The number of thioether (sulfide) groups is 1. The fraction of sp³-hybridized carbons (Fsp3) is 0.120. The maximum atomic E-state index is 13.1. The summed E-state index contributed by atoms with van der Waals surface area (Å²) in [6, 6.07) is 14.8. The fourth-order valence-electron chi connectivity index (χ4n) is 3.38. The summed E-state index contributed by atoms with van der Waals surface area (Å²) in [5, 5.41) is 0. The van der Waals surface area contributed by atoms with Crippen molar-refractivity contribution in [2.75, 3.05) is 12.0 Å². The standard InChI is InChI=1S/C25H18F3NO5S3/c1-15-6-9-19(10-7-15)37(31,32)34-20-11-8-16(12-21(20)33-2)13-22-23(30)29(24(35)36-22)18-5-3-4-17(14-18)25(26,27)28/h3-14H,1-2H3/b22-13+. The number of thiocarbonyl (C=S) groups is 1. The molecule has 0 unspecified atom stereocenters. The Morgan fingerprint density at radius 2 is 1.70 bits per heavy atom. The predicted octanol–water partition coefficient (Wildman–Crippen LogP) is 6.20. The minimum atomic E-state index is -4.57. The second-order valence-electron chi connectivity index (χ2n) is 7.83. The molecular weight excluding hydrogens is 547 g/mol. The van der Waals surface area contributed by atoms with Crippen LogP contribution in [0.1, 0.15) is 16.7 Å². The zero-order chi connectivity index (χ0) is 27.0. The molecule has 1 aliphatic heterocycles. The molecule has 1 heterocycles. The van der Waals surface area contributed by atoms with Crippen molar-refractivity contribution in [3.05, 3.63) is 88.3 Å². The molecule has 6 nitrogen and oxygen atoms in total. The van der Waals surface area contributed by atoms with E-state index in [0.29, 0.717) is 5.56 Å².